The summed E-state index contributed by atoms with van der Waals surface area (Å²) in [5.74, 6) is 0. The average molecular weight is 224 g/mol. The predicted molar refractivity (Wildman–Crippen MR) is 52.1 cm³/mol. The standard InChI is InChI=1S/C9H18F2N2O2/c10-9(11)6-12-5-8(14)7-13-1-3-15-4-2-13/h8-9,12,14H,1-7H2. The number of alkyl halides is 2. The Morgan fingerprint density at radius 3 is 2.53 bits per heavy atom. The normalized spacial score (nSPS) is 20.8. The van der Waals surface area contributed by atoms with Crippen LogP contribution in [-0.2, 0) is 4.74 Å². The minimum atomic E-state index is -2.36. The maximum absolute atomic E-state index is 11.8. The first-order valence-electron chi connectivity index (χ1n) is 5.15. The lowest BCUT2D eigenvalue weighted by Gasteiger charge is -2.28. The Kier molecular flexibility index (Phi) is 6.00. The fraction of sp³-hybridized carbons (Fsp3) is 1.00. The SMILES string of the molecule is OC(CNCC(F)F)CN1CCOCC1. The minimum absolute atomic E-state index is 0.210. The number of nitrogens with one attached hydrogen (secondary N) is 1. The van der Waals surface area contributed by atoms with Gasteiger partial charge in [-0.25, -0.2) is 8.78 Å². The molecule has 0 bridgehead atoms. The van der Waals surface area contributed by atoms with E-state index in [9.17, 15) is 13.9 Å². The highest BCUT2D eigenvalue weighted by Gasteiger charge is 2.14. The van der Waals surface area contributed by atoms with Crippen molar-refractivity contribution in [1.82, 2.24) is 10.2 Å². The number of halogens is 2. The maximum atomic E-state index is 11.8. The summed E-state index contributed by atoms with van der Waals surface area (Å²) in [5.41, 5.74) is 0. The second-order valence-corrected chi connectivity index (χ2v) is 3.62. The molecule has 1 aliphatic rings. The summed E-state index contributed by atoms with van der Waals surface area (Å²) < 4.78 is 28.7. The van der Waals surface area contributed by atoms with Gasteiger partial charge in [0.05, 0.1) is 25.9 Å². The molecule has 0 spiro atoms. The number of hydrogen-bond acceptors (Lipinski definition) is 4. The third kappa shape index (κ3) is 5.99. The molecule has 1 unspecified atom stereocenters. The van der Waals surface area contributed by atoms with Crippen LogP contribution in [0.4, 0.5) is 8.78 Å². The van der Waals surface area contributed by atoms with E-state index < -0.39 is 12.5 Å². The van der Waals surface area contributed by atoms with E-state index >= 15 is 0 Å². The van der Waals surface area contributed by atoms with Crippen molar-refractivity contribution in [3.63, 3.8) is 0 Å². The minimum Gasteiger partial charge on any atom is -0.390 e. The molecular weight excluding hydrogens is 206 g/mol. The van der Waals surface area contributed by atoms with Crippen molar-refractivity contribution in [2.45, 2.75) is 12.5 Å². The summed E-state index contributed by atoms with van der Waals surface area (Å²) in [7, 11) is 0. The molecule has 1 fully saturated rings. The topological polar surface area (TPSA) is 44.7 Å². The van der Waals surface area contributed by atoms with Crippen molar-refractivity contribution in [2.75, 3.05) is 45.9 Å². The van der Waals surface area contributed by atoms with E-state index in [0.29, 0.717) is 19.8 Å². The van der Waals surface area contributed by atoms with Crippen LogP contribution in [-0.4, -0.2) is 68.5 Å². The molecule has 4 nitrogen and oxygen atoms in total. The van der Waals surface area contributed by atoms with Crippen molar-refractivity contribution in [2.24, 2.45) is 0 Å². The van der Waals surface area contributed by atoms with Crippen LogP contribution in [0, 0.1) is 0 Å². The molecule has 0 radical (unpaired) electrons. The van der Waals surface area contributed by atoms with Crippen molar-refractivity contribution in [3.8, 4) is 0 Å². The van der Waals surface area contributed by atoms with E-state index in [1.165, 1.54) is 0 Å². The summed E-state index contributed by atoms with van der Waals surface area (Å²) in [5, 5.41) is 12.0. The molecule has 6 heteroatoms. The van der Waals surface area contributed by atoms with E-state index in [2.05, 4.69) is 10.2 Å². The van der Waals surface area contributed by atoms with Crippen molar-refractivity contribution < 1.29 is 18.6 Å². The van der Waals surface area contributed by atoms with Gasteiger partial charge in [0.15, 0.2) is 0 Å². The lowest BCUT2D eigenvalue weighted by atomic mass is 10.3. The van der Waals surface area contributed by atoms with Crippen LogP contribution in [0.5, 0.6) is 0 Å². The number of ether oxygens (including phenoxy) is 1. The zero-order valence-electron chi connectivity index (χ0n) is 8.66. The lowest BCUT2D eigenvalue weighted by Crippen LogP contribution is -2.44. The van der Waals surface area contributed by atoms with Gasteiger partial charge in [-0.05, 0) is 0 Å². The molecule has 2 N–H and O–H groups in total. The van der Waals surface area contributed by atoms with Crippen LogP contribution in [0.3, 0.4) is 0 Å². The number of nitrogens with zero attached hydrogens (tertiary/aromatic N) is 1. The predicted octanol–water partition coefficient (Wildman–Crippen LogP) is -0.466. The number of aliphatic hydroxyl groups is 1. The number of rotatable bonds is 6. The summed E-state index contributed by atoms with van der Waals surface area (Å²) in [6.07, 6.45) is -2.96. The van der Waals surface area contributed by atoms with Crippen LogP contribution in [0.2, 0.25) is 0 Å². The summed E-state index contributed by atoms with van der Waals surface area (Å²) in [4.78, 5) is 2.07. The third-order valence-electron chi connectivity index (χ3n) is 2.25. The second kappa shape index (κ2) is 7.05. The molecule has 90 valence electrons. The number of morpholine rings is 1. The number of aliphatic hydroxyl groups excluding tert-OH is 1. The monoisotopic (exact) mass is 224 g/mol. The maximum Gasteiger partial charge on any atom is 0.250 e. The largest absolute Gasteiger partial charge is 0.390 e. The molecule has 0 saturated carbocycles. The van der Waals surface area contributed by atoms with Gasteiger partial charge in [0.2, 0.25) is 0 Å². The summed E-state index contributed by atoms with van der Waals surface area (Å²) in [6.45, 7) is 3.31. The molecule has 1 aliphatic heterocycles. The van der Waals surface area contributed by atoms with Gasteiger partial charge < -0.3 is 15.2 Å². The first kappa shape index (κ1) is 12.8. The highest BCUT2D eigenvalue weighted by Crippen LogP contribution is 1.98. The van der Waals surface area contributed by atoms with Crippen LogP contribution >= 0.6 is 0 Å². The van der Waals surface area contributed by atoms with Gasteiger partial charge in [0.25, 0.3) is 6.43 Å². The van der Waals surface area contributed by atoms with E-state index in [1.54, 1.807) is 0 Å². The van der Waals surface area contributed by atoms with Gasteiger partial charge in [0.1, 0.15) is 0 Å². The van der Waals surface area contributed by atoms with Gasteiger partial charge in [-0.1, -0.05) is 0 Å². The molecule has 15 heavy (non-hydrogen) atoms. The highest BCUT2D eigenvalue weighted by molar-refractivity contribution is 4.69. The summed E-state index contributed by atoms with van der Waals surface area (Å²) >= 11 is 0. The van der Waals surface area contributed by atoms with Crippen LogP contribution in [0.15, 0.2) is 0 Å². The van der Waals surface area contributed by atoms with Gasteiger partial charge in [-0.3, -0.25) is 4.90 Å². The van der Waals surface area contributed by atoms with Crippen molar-refractivity contribution in [1.29, 1.82) is 0 Å². The molecule has 0 aromatic rings. The fourth-order valence-corrected chi connectivity index (χ4v) is 1.51. The second-order valence-electron chi connectivity index (χ2n) is 3.62. The van der Waals surface area contributed by atoms with Crippen molar-refractivity contribution >= 4 is 0 Å². The average Bonchev–Trinajstić information content (AvgIpc) is 2.18. The van der Waals surface area contributed by atoms with Gasteiger partial charge in [-0.2, -0.15) is 0 Å². The Morgan fingerprint density at radius 2 is 1.93 bits per heavy atom. The Bertz CT molecular complexity index is 166. The van der Waals surface area contributed by atoms with E-state index in [1.807, 2.05) is 0 Å². The quantitative estimate of drug-likeness (QED) is 0.640. The van der Waals surface area contributed by atoms with E-state index in [-0.39, 0.29) is 13.1 Å². The molecule has 0 aliphatic carbocycles. The summed E-state index contributed by atoms with van der Waals surface area (Å²) in [6, 6.07) is 0. The highest BCUT2D eigenvalue weighted by atomic mass is 19.3. The van der Waals surface area contributed by atoms with Crippen LogP contribution in [0.1, 0.15) is 0 Å². The van der Waals surface area contributed by atoms with Crippen LogP contribution < -0.4 is 5.32 Å². The molecule has 0 amide bonds. The Labute approximate surface area is 88.2 Å². The first-order chi connectivity index (χ1) is 7.18. The van der Waals surface area contributed by atoms with Crippen molar-refractivity contribution in [3.05, 3.63) is 0 Å². The molecule has 0 aromatic heterocycles. The van der Waals surface area contributed by atoms with Gasteiger partial charge in [-0.15, -0.1) is 0 Å². The molecule has 1 saturated heterocycles. The molecule has 1 heterocycles. The Balaban J connectivity index is 2.03. The third-order valence-corrected chi connectivity index (χ3v) is 2.25. The van der Waals surface area contributed by atoms with Crippen LogP contribution in [0.25, 0.3) is 0 Å². The lowest BCUT2D eigenvalue weighted by molar-refractivity contribution is 0.0142. The smallest absolute Gasteiger partial charge is 0.250 e. The Morgan fingerprint density at radius 1 is 1.27 bits per heavy atom. The Hall–Kier alpha value is -0.300. The molecule has 1 atom stereocenters. The van der Waals surface area contributed by atoms with Gasteiger partial charge in [0, 0.05) is 26.2 Å². The number of hydrogen-bond donors (Lipinski definition) is 2. The molecule has 1 rings (SSSR count). The molecule has 0 aromatic carbocycles. The first-order valence-corrected chi connectivity index (χ1v) is 5.15. The zero-order valence-corrected chi connectivity index (χ0v) is 8.66. The number of β-amino-alcohol motifs (C(OH)–C–C–N with tert-alkyl or cyclic N) is 1. The molecular formula is C9H18F2N2O2. The fourth-order valence-electron chi connectivity index (χ4n) is 1.51. The van der Waals surface area contributed by atoms with E-state index in [4.69, 9.17) is 4.74 Å². The van der Waals surface area contributed by atoms with Gasteiger partial charge >= 0.3 is 0 Å². The zero-order chi connectivity index (χ0) is 11.1. The van der Waals surface area contributed by atoms with E-state index in [0.717, 1.165) is 13.1 Å².